The van der Waals surface area contributed by atoms with Crippen LogP contribution in [0.2, 0.25) is 0 Å². The van der Waals surface area contributed by atoms with Gasteiger partial charge in [-0.1, -0.05) is 72.8 Å². The smallest absolute Gasteiger partial charge is 0.338 e. The van der Waals surface area contributed by atoms with Gasteiger partial charge in [0.2, 0.25) is 0 Å². The van der Waals surface area contributed by atoms with Gasteiger partial charge in [0, 0.05) is 22.9 Å². The number of H-pyrrole nitrogens is 1. The van der Waals surface area contributed by atoms with E-state index in [1.165, 1.54) is 12.5 Å². The summed E-state index contributed by atoms with van der Waals surface area (Å²) < 4.78 is 18.1. The number of ether oxygens (including phenoxy) is 3. The lowest BCUT2D eigenvalue weighted by molar-refractivity contribution is -0.0391. The zero-order chi connectivity index (χ0) is 35.3. The van der Waals surface area contributed by atoms with Gasteiger partial charge in [0.1, 0.15) is 24.1 Å². The van der Waals surface area contributed by atoms with Crippen molar-refractivity contribution in [2.75, 3.05) is 11.5 Å². The minimum atomic E-state index is -1.26. The maximum absolute atomic E-state index is 14.0. The summed E-state index contributed by atoms with van der Waals surface area (Å²) in [6, 6.07) is 33.2. The highest BCUT2D eigenvalue weighted by atomic mass is 16.6. The van der Waals surface area contributed by atoms with Gasteiger partial charge < -0.3 is 24.3 Å². The second kappa shape index (κ2) is 14.5. The summed E-state index contributed by atoms with van der Waals surface area (Å²) in [6.07, 6.45) is -1.98. The topological polar surface area (TPSA) is 161 Å². The summed E-state index contributed by atoms with van der Waals surface area (Å²) in [5.41, 5.74) is 1.79. The Morgan fingerprint density at radius 1 is 0.667 bits per heavy atom. The van der Waals surface area contributed by atoms with Crippen LogP contribution < -0.4 is 4.90 Å². The molecule has 0 spiro atoms. The fraction of sp³-hybridized carbons (Fsp3) is 0.128. The first-order valence-corrected chi connectivity index (χ1v) is 16.0. The van der Waals surface area contributed by atoms with Crippen molar-refractivity contribution < 1.29 is 38.5 Å². The number of fused-ring (bicyclic) bond motifs is 1. The number of hydrogen-bond acceptors (Lipinski definition) is 10. The number of amides is 2. The molecule has 3 heterocycles. The number of carbonyl (C=O) groups excluding carboxylic acids is 4. The van der Waals surface area contributed by atoms with Crippen LogP contribution in [0.25, 0.3) is 11.0 Å². The molecular formula is C39H30N4O8. The molecule has 7 rings (SSSR count). The van der Waals surface area contributed by atoms with Crippen LogP contribution in [0, 0.1) is 0 Å². The molecule has 51 heavy (non-hydrogen) atoms. The largest absolute Gasteiger partial charge is 0.452 e. The van der Waals surface area contributed by atoms with Crippen LogP contribution in [0.5, 0.6) is 0 Å². The number of benzene rings is 4. The summed E-state index contributed by atoms with van der Waals surface area (Å²) in [5, 5.41) is 10.4. The Morgan fingerprint density at radius 3 is 1.63 bits per heavy atom. The molecule has 2 aromatic heterocycles. The Hall–Kier alpha value is -6.50. The lowest BCUT2D eigenvalue weighted by atomic mass is 10.0. The molecule has 6 aromatic rings. The summed E-state index contributed by atoms with van der Waals surface area (Å²) in [5.74, 6) is -2.70. The molecule has 1 aliphatic rings. The summed E-state index contributed by atoms with van der Waals surface area (Å²) in [6.45, 7) is -0.573. The van der Waals surface area contributed by atoms with Gasteiger partial charge in [0.25, 0.3) is 11.8 Å². The maximum Gasteiger partial charge on any atom is 0.338 e. The number of nitrogens with zero attached hydrogens (tertiary/aromatic N) is 3. The molecule has 12 nitrogen and oxygen atoms in total. The van der Waals surface area contributed by atoms with Gasteiger partial charge in [-0.15, -0.1) is 0 Å². The highest BCUT2D eigenvalue weighted by Gasteiger charge is 2.51. The van der Waals surface area contributed by atoms with Crippen LogP contribution in [0.3, 0.4) is 0 Å². The fourth-order valence-corrected chi connectivity index (χ4v) is 5.96. The Morgan fingerprint density at radius 2 is 1.14 bits per heavy atom. The second-order valence-corrected chi connectivity index (χ2v) is 11.6. The van der Waals surface area contributed by atoms with Gasteiger partial charge in [-0.3, -0.25) is 9.59 Å². The van der Waals surface area contributed by atoms with Crippen molar-refractivity contribution in [1.29, 1.82) is 0 Å². The lowest BCUT2D eigenvalue weighted by Gasteiger charge is -2.24. The molecular weight excluding hydrogens is 652 g/mol. The molecule has 2 amide bonds. The van der Waals surface area contributed by atoms with E-state index in [0.717, 1.165) is 4.90 Å². The van der Waals surface area contributed by atoms with E-state index in [4.69, 9.17) is 14.2 Å². The predicted molar refractivity (Wildman–Crippen MR) is 184 cm³/mol. The molecule has 0 bridgehead atoms. The Labute approximate surface area is 291 Å². The van der Waals surface area contributed by atoms with Crippen molar-refractivity contribution >= 4 is 40.6 Å². The summed E-state index contributed by atoms with van der Waals surface area (Å²) in [7, 11) is 0. The fourth-order valence-electron chi connectivity index (χ4n) is 5.96. The van der Waals surface area contributed by atoms with E-state index in [-0.39, 0.29) is 39.1 Å². The third kappa shape index (κ3) is 6.61. The molecule has 1 fully saturated rings. The number of carbonyl (C=O) groups is 4. The van der Waals surface area contributed by atoms with E-state index in [1.54, 1.807) is 121 Å². The minimum absolute atomic E-state index is 0.0319. The molecule has 1 saturated heterocycles. The molecule has 2 N–H and O–H groups in total. The van der Waals surface area contributed by atoms with Crippen LogP contribution in [-0.2, 0) is 14.2 Å². The summed E-state index contributed by atoms with van der Waals surface area (Å²) >= 11 is 0. The first-order chi connectivity index (χ1) is 24.9. The van der Waals surface area contributed by atoms with Crippen molar-refractivity contribution in [2.24, 2.45) is 0 Å². The number of anilines is 1. The van der Waals surface area contributed by atoms with Gasteiger partial charge in [-0.05, 0) is 48.5 Å². The number of esters is 2. The van der Waals surface area contributed by atoms with E-state index in [1.807, 2.05) is 0 Å². The van der Waals surface area contributed by atoms with Crippen LogP contribution >= 0.6 is 0 Å². The number of aliphatic hydroxyl groups excluding tert-OH is 1. The van der Waals surface area contributed by atoms with Crippen molar-refractivity contribution in [3.8, 4) is 0 Å². The van der Waals surface area contributed by atoms with Gasteiger partial charge >= 0.3 is 11.9 Å². The van der Waals surface area contributed by atoms with E-state index < -0.39 is 54.8 Å². The van der Waals surface area contributed by atoms with Crippen LogP contribution in [0.4, 0.5) is 5.82 Å². The first kappa shape index (κ1) is 33.0. The van der Waals surface area contributed by atoms with E-state index in [0.29, 0.717) is 5.56 Å². The standard InChI is InChI=1S/C39H30N4O8/c44-22-29-33(50-38(47)26-17-9-3-10-18-26)34(51-39(48)27-19-11-4-12-20-27)32(49-29)28-21-40-31-30(28)41-23-42-35(31)43(36(45)24-13-5-1-6-14-24)37(46)25-15-7-2-8-16-25/h1-21,23,29,32-34,40,44H,22H2/t29-,32+,33-,34+/m1/s1. The van der Waals surface area contributed by atoms with Crippen molar-refractivity contribution in [1.82, 2.24) is 15.0 Å². The molecule has 4 aromatic carbocycles. The van der Waals surface area contributed by atoms with Crippen LogP contribution in [0.15, 0.2) is 134 Å². The number of nitrogens with one attached hydrogen (secondary N) is 1. The van der Waals surface area contributed by atoms with Crippen molar-refractivity contribution in [2.45, 2.75) is 24.4 Å². The highest BCUT2D eigenvalue weighted by molar-refractivity contribution is 6.27. The molecule has 0 saturated carbocycles. The van der Waals surface area contributed by atoms with E-state index in [9.17, 15) is 24.3 Å². The number of aromatic nitrogens is 3. The quantitative estimate of drug-likeness (QED) is 0.151. The van der Waals surface area contributed by atoms with Gasteiger partial charge in [-0.2, -0.15) is 0 Å². The van der Waals surface area contributed by atoms with Gasteiger partial charge in [-0.25, -0.2) is 24.5 Å². The highest BCUT2D eigenvalue weighted by Crippen LogP contribution is 2.41. The molecule has 0 aliphatic carbocycles. The average Bonchev–Trinajstić information content (AvgIpc) is 3.77. The molecule has 0 unspecified atom stereocenters. The number of hydrogen-bond donors (Lipinski definition) is 2. The van der Waals surface area contributed by atoms with Gasteiger partial charge in [0.15, 0.2) is 18.0 Å². The summed E-state index contributed by atoms with van der Waals surface area (Å²) in [4.78, 5) is 67.6. The number of rotatable bonds is 9. The zero-order valence-corrected chi connectivity index (χ0v) is 26.9. The third-order valence-electron chi connectivity index (χ3n) is 8.43. The molecule has 12 heteroatoms. The number of aromatic amines is 1. The second-order valence-electron chi connectivity index (χ2n) is 11.6. The predicted octanol–water partition coefficient (Wildman–Crippen LogP) is 5.33. The Bertz CT molecular complexity index is 2130. The Kier molecular flexibility index (Phi) is 9.42. The molecule has 0 radical (unpaired) electrons. The number of aliphatic hydroxyl groups is 1. The molecule has 254 valence electrons. The normalized spacial score (nSPS) is 18.2. The SMILES string of the molecule is O=C(O[C@@H]1[C@H](OC(=O)c2ccccc2)[C@@H](CO)O[C@H]1c1c[nH]c2c(N(C(=O)c3ccccc3)C(=O)c3ccccc3)ncnc12)c1ccccc1. The van der Waals surface area contributed by atoms with Gasteiger partial charge in [0.05, 0.1) is 23.3 Å². The third-order valence-corrected chi connectivity index (χ3v) is 8.43. The van der Waals surface area contributed by atoms with Crippen LogP contribution in [-0.4, -0.2) is 68.7 Å². The zero-order valence-electron chi connectivity index (χ0n) is 26.9. The molecule has 4 atom stereocenters. The maximum atomic E-state index is 14.0. The lowest BCUT2D eigenvalue weighted by Crippen LogP contribution is -2.40. The van der Waals surface area contributed by atoms with Crippen LogP contribution in [0.1, 0.15) is 53.1 Å². The van der Waals surface area contributed by atoms with Crippen molar-refractivity contribution in [3.05, 3.63) is 162 Å². The average molecular weight is 683 g/mol. The number of imide groups is 1. The van der Waals surface area contributed by atoms with Crippen molar-refractivity contribution in [3.63, 3.8) is 0 Å². The van der Waals surface area contributed by atoms with E-state index >= 15 is 0 Å². The van der Waals surface area contributed by atoms with E-state index in [2.05, 4.69) is 15.0 Å². The first-order valence-electron chi connectivity index (χ1n) is 16.0. The monoisotopic (exact) mass is 682 g/mol. The minimum Gasteiger partial charge on any atom is -0.452 e. The Balaban J connectivity index is 1.31. The molecule has 1 aliphatic heterocycles.